The first-order valence-electron chi connectivity index (χ1n) is 6.69. The summed E-state index contributed by atoms with van der Waals surface area (Å²) in [4.78, 5) is 2.21. The summed E-state index contributed by atoms with van der Waals surface area (Å²) < 4.78 is 32.4. The topological polar surface area (TPSA) is 84.4 Å². The molecule has 0 bridgehead atoms. The van der Waals surface area contributed by atoms with Gasteiger partial charge in [-0.15, -0.1) is 10.2 Å². The molecule has 0 amide bonds. The zero-order chi connectivity index (χ0) is 15.7. The number of aryl methyl sites for hydroxylation is 1. The molecule has 118 valence electrons. The summed E-state index contributed by atoms with van der Waals surface area (Å²) in [5.41, 5.74) is 0. The van der Waals surface area contributed by atoms with Gasteiger partial charge < -0.3 is 9.64 Å². The fraction of sp³-hybridized carbons (Fsp3) is 0.385. The molecule has 1 N–H and O–H groups in total. The van der Waals surface area contributed by atoms with Gasteiger partial charge >= 0.3 is 0 Å². The molecule has 1 aliphatic rings. The molecule has 0 aliphatic carbocycles. The minimum Gasteiger partial charge on any atom is -0.497 e. The van der Waals surface area contributed by atoms with Crippen molar-refractivity contribution in [3.8, 4) is 5.75 Å². The molecule has 3 rings (SSSR count). The van der Waals surface area contributed by atoms with Crippen molar-refractivity contribution in [1.29, 1.82) is 0 Å². The van der Waals surface area contributed by atoms with E-state index in [2.05, 4.69) is 14.9 Å². The molecule has 0 radical (unpaired) electrons. The van der Waals surface area contributed by atoms with E-state index >= 15 is 0 Å². The number of methoxy groups -OCH3 is 1. The Hall–Kier alpha value is -1.71. The lowest BCUT2D eigenvalue weighted by Gasteiger charge is -2.38. The second-order valence-corrected chi connectivity index (χ2v) is 7.88. The van der Waals surface area contributed by atoms with Crippen molar-refractivity contribution in [3.63, 3.8) is 0 Å². The third-order valence-electron chi connectivity index (χ3n) is 3.34. The van der Waals surface area contributed by atoms with Crippen LogP contribution < -0.4 is 14.4 Å². The van der Waals surface area contributed by atoms with E-state index in [1.807, 2.05) is 11.8 Å². The van der Waals surface area contributed by atoms with Crippen molar-refractivity contribution >= 4 is 26.5 Å². The molecule has 1 fully saturated rings. The second kappa shape index (κ2) is 5.82. The molecule has 0 atom stereocenters. The molecular formula is C13H16N4O3S2. The molecule has 2 heterocycles. The maximum atomic E-state index is 12.3. The Labute approximate surface area is 133 Å². The van der Waals surface area contributed by atoms with Gasteiger partial charge in [0.05, 0.1) is 18.0 Å². The quantitative estimate of drug-likeness (QED) is 0.875. The Morgan fingerprint density at radius 3 is 2.77 bits per heavy atom. The van der Waals surface area contributed by atoms with Gasteiger partial charge in [-0.05, 0) is 19.1 Å². The summed E-state index contributed by atoms with van der Waals surface area (Å²) in [6.45, 7) is 3.08. The van der Waals surface area contributed by atoms with Gasteiger partial charge in [-0.25, -0.2) is 13.1 Å². The lowest BCUT2D eigenvalue weighted by molar-refractivity contribution is 0.413. The number of ether oxygens (including phenoxy) is 1. The highest BCUT2D eigenvalue weighted by Gasteiger charge is 2.32. The fourth-order valence-electron chi connectivity index (χ4n) is 2.18. The van der Waals surface area contributed by atoms with E-state index in [0.29, 0.717) is 18.8 Å². The summed E-state index contributed by atoms with van der Waals surface area (Å²) in [7, 11) is -2.04. The number of nitrogens with zero attached hydrogens (tertiary/aromatic N) is 3. The van der Waals surface area contributed by atoms with Crippen molar-refractivity contribution in [1.82, 2.24) is 14.9 Å². The first-order valence-corrected chi connectivity index (χ1v) is 8.99. The second-order valence-electron chi connectivity index (χ2n) is 5.01. The Kier molecular flexibility index (Phi) is 4.02. The van der Waals surface area contributed by atoms with E-state index in [1.54, 1.807) is 18.2 Å². The SMILES string of the molecule is COc1cccc(S(=O)(=O)NC2CN(c3nnc(C)s3)C2)c1. The lowest BCUT2D eigenvalue weighted by Crippen LogP contribution is -2.59. The van der Waals surface area contributed by atoms with E-state index in [4.69, 9.17) is 4.74 Å². The van der Waals surface area contributed by atoms with Gasteiger partial charge in [0.15, 0.2) is 0 Å². The van der Waals surface area contributed by atoms with Gasteiger partial charge in [0.1, 0.15) is 10.8 Å². The van der Waals surface area contributed by atoms with E-state index in [-0.39, 0.29) is 10.9 Å². The zero-order valence-electron chi connectivity index (χ0n) is 12.2. The molecule has 0 saturated carbocycles. The minimum atomic E-state index is -3.54. The Morgan fingerprint density at radius 1 is 1.36 bits per heavy atom. The van der Waals surface area contributed by atoms with E-state index in [9.17, 15) is 8.42 Å². The predicted octanol–water partition coefficient (Wildman–Crippen LogP) is 1.02. The highest BCUT2D eigenvalue weighted by atomic mass is 32.2. The standard InChI is InChI=1S/C13H16N4O3S2/c1-9-14-15-13(21-9)17-7-10(8-17)16-22(18,19)12-5-3-4-11(6-12)20-2/h3-6,10,16H,7-8H2,1-2H3. The highest BCUT2D eigenvalue weighted by molar-refractivity contribution is 7.89. The zero-order valence-corrected chi connectivity index (χ0v) is 13.8. The van der Waals surface area contributed by atoms with Crippen LogP contribution in [0.2, 0.25) is 0 Å². The molecule has 7 nitrogen and oxygen atoms in total. The van der Waals surface area contributed by atoms with Crippen LogP contribution in [0, 0.1) is 6.92 Å². The van der Waals surface area contributed by atoms with Crippen LogP contribution in [0.1, 0.15) is 5.01 Å². The number of benzene rings is 1. The molecular weight excluding hydrogens is 324 g/mol. The van der Waals surface area contributed by atoms with Crippen LogP contribution in [0.25, 0.3) is 0 Å². The van der Waals surface area contributed by atoms with Crippen molar-refractivity contribution in [2.45, 2.75) is 17.9 Å². The molecule has 9 heteroatoms. The van der Waals surface area contributed by atoms with Crippen molar-refractivity contribution in [2.24, 2.45) is 0 Å². The average Bonchev–Trinajstić information content (AvgIpc) is 2.88. The van der Waals surface area contributed by atoms with Crippen LogP contribution in [-0.4, -0.2) is 44.9 Å². The highest BCUT2D eigenvalue weighted by Crippen LogP contribution is 2.25. The first kappa shape index (κ1) is 15.2. The van der Waals surface area contributed by atoms with Gasteiger partial charge in [0.25, 0.3) is 0 Å². The van der Waals surface area contributed by atoms with Crippen LogP contribution in [0.5, 0.6) is 5.75 Å². The number of rotatable bonds is 5. The van der Waals surface area contributed by atoms with Crippen LogP contribution in [0.4, 0.5) is 5.13 Å². The minimum absolute atomic E-state index is 0.125. The maximum Gasteiger partial charge on any atom is 0.241 e. The number of sulfonamides is 1. The van der Waals surface area contributed by atoms with Crippen molar-refractivity contribution < 1.29 is 13.2 Å². The molecule has 1 saturated heterocycles. The largest absolute Gasteiger partial charge is 0.497 e. The summed E-state index contributed by atoms with van der Waals surface area (Å²) in [6, 6.07) is 6.30. The van der Waals surface area contributed by atoms with Crippen LogP contribution in [-0.2, 0) is 10.0 Å². The molecule has 0 unspecified atom stereocenters. The predicted molar refractivity (Wildman–Crippen MR) is 84.0 cm³/mol. The molecule has 1 aromatic heterocycles. The number of nitrogens with one attached hydrogen (secondary N) is 1. The van der Waals surface area contributed by atoms with Crippen LogP contribution in [0.3, 0.4) is 0 Å². The summed E-state index contributed by atoms with van der Waals surface area (Å²) in [5, 5.41) is 9.74. The molecule has 22 heavy (non-hydrogen) atoms. The number of aromatic nitrogens is 2. The number of hydrogen-bond donors (Lipinski definition) is 1. The monoisotopic (exact) mass is 340 g/mol. The smallest absolute Gasteiger partial charge is 0.241 e. The third kappa shape index (κ3) is 3.06. The van der Waals surface area contributed by atoms with Crippen LogP contribution in [0.15, 0.2) is 29.2 Å². The number of anilines is 1. The van der Waals surface area contributed by atoms with Crippen molar-refractivity contribution in [2.75, 3.05) is 25.1 Å². The van der Waals surface area contributed by atoms with Gasteiger partial charge in [-0.3, -0.25) is 0 Å². The summed E-state index contributed by atoms with van der Waals surface area (Å²) in [5.74, 6) is 0.516. The fourth-order valence-corrected chi connectivity index (χ4v) is 4.14. The van der Waals surface area contributed by atoms with Gasteiger partial charge in [-0.1, -0.05) is 17.4 Å². The van der Waals surface area contributed by atoms with E-state index in [0.717, 1.165) is 10.1 Å². The number of hydrogen-bond acceptors (Lipinski definition) is 7. The summed E-state index contributed by atoms with van der Waals surface area (Å²) >= 11 is 1.50. The lowest BCUT2D eigenvalue weighted by atomic mass is 10.1. The van der Waals surface area contributed by atoms with Crippen molar-refractivity contribution in [3.05, 3.63) is 29.3 Å². The Morgan fingerprint density at radius 2 is 2.14 bits per heavy atom. The third-order valence-corrected chi connectivity index (χ3v) is 5.76. The Bertz CT molecular complexity index is 769. The summed E-state index contributed by atoms with van der Waals surface area (Å²) in [6.07, 6.45) is 0. The molecule has 1 aliphatic heterocycles. The van der Waals surface area contributed by atoms with Crippen LogP contribution >= 0.6 is 11.3 Å². The maximum absolute atomic E-state index is 12.3. The van der Waals surface area contributed by atoms with Gasteiger partial charge in [0.2, 0.25) is 15.2 Å². The Balaban J connectivity index is 1.64. The van der Waals surface area contributed by atoms with Gasteiger partial charge in [0, 0.05) is 19.2 Å². The average molecular weight is 340 g/mol. The normalized spacial score (nSPS) is 15.6. The molecule has 2 aromatic rings. The van der Waals surface area contributed by atoms with E-state index in [1.165, 1.54) is 24.5 Å². The van der Waals surface area contributed by atoms with Gasteiger partial charge in [-0.2, -0.15) is 0 Å². The molecule has 1 aromatic carbocycles. The van der Waals surface area contributed by atoms with E-state index < -0.39 is 10.0 Å². The first-order chi connectivity index (χ1) is 10.5. The molecule has 0 spiro atoms.